The molecule has 4 aromatic rings. The topological polar surface area (TPSA) is 58.0 Å². The highest BCUT2D eigenvalue weighted by molar-refractivity contribution is 5.84. The number of aromatic nitrogens is 1. The zero-order valence-electron chi connectivity index (χ0n) is 14.3. The molecule has 2 aromatic carbocycles. The van der Waals surface area contributed by atoms with Crippen molar-refractivity contribution in [2.45, 2.75) is 18.9 Å². The molecule has 0 saturated heterocycles. The van der Waals surface area contributed by atoms with Gasteiger partial charge in [0, 0.05) is 23.5 Å². The van der Waals surface area contributed by atoms with Crippen LogP contribution in [0.2, 0.25) is 0 Å². The second-order valence-corrected chi connectivity index (χ2v) is 6.29. The number of H-pyrrole nitrogens is 1. The minimum atomic E-state index is -0.276. The Bertz CT molecular complexity index is 987. The quantitative estimate of drug-likeness (QED) is 0.537. The number of fused-ring (bicyclic) bond motifs is 1. The van der Waals surface area contributed by atoms with Gasteiger partial charge in [0.25, 0.3) is 0 Å². The molecule has 0 saturated carbocycles. The fourth-order valence-corrected chi connectivity index (χ4v) is 3.24. The molecular weight excluding hydrogens is 324 g/mol. The summed E-state index contributed by atoms with van der Waals surface area (Å²) < 4.78 is 5.54. The largest absolute Gasteiger partial charge is 0.467 e. The number of aryl methyl sites for hydroxylation is 1. The van der Waals surface area contributed by atoms with Crippen molar-refractivity contribution in [3.05, 3.63) is 96.1 Å². The molecule has 2 heterocycles. The van der Waals surface area contributed by atoms with Crippen molar-refractivity contribution in [3.63, 3.8) is 0 Å². The molecule has 0 radical (unpaired) electrons. The highest BCUT2D eigenvalue weighted by Gasteiger charge is 2.19. The molecule has 1 atom stereocenters. The zero-order chi connectivity index (χ0) is 17.8. The van der Waals surface area contributed by atoms with E-state index in [1.807, 2.05) is 66.9 Å². The molecule has 130 valence electrons. The molecule has 2 N–H and O–H groups in total. The van der Waals surface area contributed by atoms with Gasteiger partial charge in [-0.3, -0.25) is 4.79 Å². The number of benzene rings is 2. The van der Waals surface area contributed by atoms with Gasteiger partial charge in [-0.1, -0.05) is 48.5 Å². The zero-order valence-corrected chi connectivity index (χ0v) is 14.3. The molecule has 1 amide bonds. The molecule has 4 heteroatoms. The van der Waals surface area contributed by atoms with E-state index < -0.39 is 0 Å². The molecule has 0 fully saturated rings. The van der Waals surface area contributed by atoms with Crippen molar-refractivity contribution in [2.24, 2.45) is 0 Å². The number of furan rings is 1. The number of amides is 1. The van der Waals surface area contributed by atoms with Crippen LogP contribution in [0.4, 0.5) is 0 Å². The molecule has 1 unspecified atom stereocenters. The molecule has 4 nitrogen and oxygen atoms in total. The van der Waals surface area contributed by atoms with Crippen molar-refractivity contribution in [2.75, 3.05) is 0 Å². The van der Waals surface area contributed by atoms with Gasteiger partial charge in [-0.15, -0.1) is 0 Å². The molecule has 2 aromatic heterocycles. The first kappa shape index (κ1) is 16.2. The van der Waals surface area contributed by atoms with Gasteiger partial charge in [-0.25, -0.2) is 0 Å². The third kappa shape index (κ3) is 3.40. The van der Waals surface area contributed by atoms with Crippen LogP contribution in [0.3, 0.4) is 0 Å². The van der Waals surface area contributed by atoms with Crippen LogP contribution < -0.4 is 5.32 Å². The summed E-state index contributed by atoms with van der Waals surface area (Å²) in [5.41, 5.74) is 3.26. The minimum Gasteiger partial charge on any atom is -0.467 e. The maximum atomic E-state index is 12.6. The fraction of sp³-hybridized carbons (Fsp3) is 0.136. The number of hydrogen-bond acceptors (Lipinski definition) is 2. The van der Waals surface area contributed by atoms with Crippen molar-refractivity contribution in [3.8, 4) is 0 Å². The third-order valence-corrected chi connectivity index (χ3v) is 4.56. The maximum absolute atomic E-state index is 12.6. The van der Waals surface area contributed by atoms with Gasteiger partial charge in [-0.05, 0) is 35.7 Å². The van der Waals surface area contributed by atoms with E-state index in [9.17, 15) is 4.79 Å². The number of carbonyl (C=O) groups excluding carboxylic acids is 1. The Morgan fingerprint density at radius 2 is 1.81 bits per heavy atom. The fourth-order valence-electron chi connectivity index (χ4n) is 3.24. The Hall–Kier alpha value is -3.27. The average molecular weight is 344 g/mol. The van der Waals surface area contributed by atoms with Gasteiger partial charge in [0.05, 0.1) is 6.26 Å². The van der Waals surface area contributed by atoms with Crippen LogP contribution in [0.25, 0.3) is 10.9 Å². The molecule has 0 aliphatic rings. The average Bonchev–Trinajstić information content (AvgIpc) is 3.35. The van der Waals surface area contributed by atoms with Crippen molar-refractivity contribution in [1.29, 1.82) is 0 Å². The van der Waals surface area contributed by atoms with E-state index in [1.54, 1.807) is 6.26 Å². The predicted molar refractivity (Wildman–Crippen MR) is 102 cm³/mol. The summed E-state index contributed by atoms with van der Waals surface area (Å²) in [5.74, 6) is 0.733. The van der Waals surface area contributed by atoms with Crippen LogP contribution in [0.15, 0.2) is 83.6 Å². The number of rotatable bonds is 6. The second-order valence-electron chi connectivity index (χ2n) is 6.29. The normalized spacial score (nSPS) is 12.2. The Balaban J connectivity index is 1.47. The summed E-state index contributed by atoms with van der Waals surface area (Å²) in [4.78, 5) is 15.8. The van der Waals surface area contributed by atoms with Crippen molar-refractivity contribution in [1.82, 2.24) is 10.3 Å². The van der Waals surface area contributed by atoms with Crippen molar-refractivity contribution < 1.29 is 9.21 Å². The van der Waals surface area contributed by atoms with Gasteiger partial charge in [0.15, 0.2) is 0 Å². The Kier molecular flexibility index (Phi) is 4.56. The van der Waals surface area contributed by atoms with Gasteiger partial charge in [0.2, 0.25) is 5.91 Å². The Morgan fingerprint density at radius 3 is 2.62 bits per heavy atom. The van der Waals surface area contributed by atoms with Gasteiger partial charge < -0.3 is 14.7 Å². The number of para-hydroxylation sites is 1. The second kappa shape index (κ2) is 7.31. The first-order chi connectivity index (χ1) is 12.8. The lowest BCUT2D eigenvalue weighted by atomic mass is 10.0. The lowest BCUT2D eigenvalue weighted by Crippen LogP contribution is -2.29. The molecular formula is C22H20N2O2. The summed E-state index contributed by atoms with van der Waals surface area (Å²) in [6.07, 6.45) is 4.73. The molecule has 0 aliphatic carbocycles. The summed E-state index contributed by atoms with van der Waals surface area (Å²) >= 11 is 0. The molecule has 26 heavy (non-hydrogen) atoms. The van der Waals surface area contributed by atoms with Crippen LogP contribution >= 0.6 is 0 Å². The number of hydrogen-bond donors (Lipinski definition) is 2. The van der Waals surface area contributed by atoms with Gasteiger partial charge in [-0.2, -0.15) is 0 Å². The maximum Gasteiger partial charge on any atom is 0.221 e. The summed E-state index contributed by atoms with van der Waals surface area (Å²) in [6, 6.07) is 21.5. The predicted octanol–water partition coefficient (Wildman–Crippen LogP) is 4.60. The van der Waals surface area contributed by atoms with Crippen LogP contribution in [0, 0.1) is 0 Å². The first-order valence-electron chi connectivity index (χ1n) is 8.74. The summed E-state index contributed by atoms with van der Waals surface area (Å²) in [7, 11) is 0. The molecule has 0 spiro atoms. The van der Waals surface area contributed by atoms with E-state index in [4.69, 9.17) is 4.42 Å². The highest BCUT2D eigenvalue weighted by Crippen LogP contribution is 2.23. The van der Waals surface area contributed by atoms with Crippen LogP contribution in [0.1, 0.15) is 29.3 Å². The van der Waals surface area contributed by atoms with Crippen LogP contribution in [0.5, 0.6) is 0 Å². The minimum absolute atomic E-state index is 0.000495. The van der Waals surface area contributed by atoms with Crippen molar-refractivity contribution >= 4 is 16.8 Å². The molecule has 0 bridgehead atoms. The molecule has 0 aliphatic heterocycles. The van der Waals surface area contributed by atoms with E-state index in [2.05, 4.69) is 16.4 Å². The number of aromatic amines is 1. The number of carbonyl (C=O) groups is 1. The monoisotopic (exact) mass is 344 g/mol. The van der Waals surface area contributed by atoms with E-state index in [-0.39, 0.29) is 11.9 Å². The lowest BCUT2D eigenvalue weighted by Gasteiger charge is -2.17. The van der Waals surface area contributed by atoms with E-state index in [0.717, 1.165) is 22.4 Å². The van der Waals surface area contributed by atoms with Crippen LogP contribution in [-0.4, -0.2) is 10.9 Å². The van der Waals surface area contributed by atoms with Gasteiger partial charge >= 0.3 is 0 Å². The summed E-state index contributed by atoms with van der Waals surface area (Å²) in [6.45, 7) is 0. The standard InChI is InChI=1S/C22H20N2O2/c25-21(13-12-17-15-23-19-10-5-4-9-18(17)19)24-22(20-11-6-14-26-20)16-7-2-1-3-8-16/h1-11,14-15,22-23H,12-13H2,(H,24,25). The van der Waals surface area contributed by atoms with E-state index in [1.165, 1.54) is 5.39 Å². The summed E-state index contributed by atoms with van der Waals surface area (Å²) in [5, 5.41) is 4.28. The molecule has 4 rings (SSSR count). The SMILES string of the molecule is O=C(CCc1c[nH]c2ccccc12)NC(c1ccccc1)c1ccco1. The van der Waals surface area contributed by atoms with Crippen LogP contribution in [-0.2, 0) is 11.2 Å². The smallest absolute Gasteiger partial charge is 0.221 e. The number of nitrogens with one attached hydrogen (secondary N) is 2. The van der Waals surface area contributed by atoms with E-state index >= 15 is 0 Å². The lowest BCUT2D eigenvalue weighted by molar-refractivity contribution is -0.121. The highest BCUT2D eigenvalue weighted by atomic mass is 16.3. The van der Waals surface area contributed by atoms with E-state index in [0.29, 0.717) is 12.8 Å². The Morgan fingerprint density at radius 1 is 1.00 bits per heavy atom. The van der Waals surface area contributed by atoms with Gasteiger partial charge in [0.1, 0.15) is 11.8 Å². The first-order valence-corrected chi connectivity index (χ1v) is 8.74. The Labute approximate surface area is 151 Å². The third-order valence-electron chi connectivity index (χ3n) is 4.56.